The number of hydrogen-bond acceptors (Lipinski definition) is 17. The first-order valence-electron chi connectivity index (χ1n) is 32.5. The van der Waals surface area contributed by atoms with Crippen LogP contribution in [0.3, 0.4) is 0 Å². The summed E-state index contributed by atoms with van der Waals surface area (Å²) in [6.45, 7) is 7.90. The fourth-order valence-electron chi connectivity index (χ4n) is 10.5. The predicted molar refractivity (Wildman–Crippen MR) is 358 cm³/mol. The Balaban J connectivity index is 1.88. The average Bonchev–Trinajstić information content (AvgIpc) is 1.60. The maximum atomic E-state index is 14.7. The quantitative estimate of drug-likeness (QED) is 0.0174. The number of amides is 10. The van der Waals surface area contributed by atoms with Gasteiger partial charge in [0.05, 0.1) is 25.2 Å². The van der Waals surface area contributed by atoms with Gasteiger partial charge in [0.1, 0.15) is 42.0 Å². The highest BCUT2D eigenvalue weighted by Gasteiger charge is 2.37. The molecule has 0 saturated carbocycles. The number of phenols is 1. The van der Waals surface area contributed by atoms with Crippen molar-refractivity contribution < 1.29 is 53.1 Å². The molecule has 1 heterocycles. The highest BCUT2D eigenvalue weighted by molar-refractivity contribution is 5.97. The van der Waals surface area contributed by atoms with Crippen molar-refractivity contribution in [3.63, 3.8) is 0 Å². The average molecular weight is 1320 g/mol. The van der Waals surface area contributed by atoms with Crippen molar-refractivity contribution >= 4 is 71.0 Å². The number of carbonyl (C=O) groups excluding carboxylic acids is 10. The van der Waals surface area contributed by atoms with Crippen molar-refractivity contribution in [2.45, 2.75) is 185 Å². The van der Waals surface area contributed by atoms with E-state index in [4.69, 9.17) is 45.9 Å². The van der Waals surface area contributed by atoms with E-state index in [1.165, 1.54) is 12.1 Å². The molecule has 3 rings (SSSR count). The van der Waals surface area contributed by atoms with E-state index in [0.717, 1.165) is 0 Å². The number of unbranched alkanes of at least 4 members (excludes halogenated alkanes) is 2. The normalized spacial score (nSPS) is 15.8. The number of primary amides is 1. The molecule has 524 valence electrons. The maximum Gasteiger partial charge on any atom is 0.243 e. The number of aliphatic imine (C=N–C) groups is 2. The van der Waals surface area contributed by atoms with E-state index >= 15 is 0 Å². The second kappa shape index (κ2) is 43.3. The number of likely N-dealkylation sites (tertiary alicyclic amines) is 1. The van der Waals surface area contributed by atoms with Crippen molar-refractivity contribution in [3.8, 4) is 5.75 Å². The Morgan fingerprint density at radius 2 is 1.10 bits per heavy atom. The Hall–Kier alpha value is -8.68. The first-order valence-corrected chi connectivity index (χ1v) is 32.5. The van der Waals surface area contributed by atoms with E-state index in [2.05, 4.69) is 57.8 Å². The Bertz CT molecular complexity index is 2790. The van der Waals surface area contributed by atoms with Crippen molar-refractivity contribution in [1.82, 2.24) is 52.8 Å². The third-order valence-corrected chi connectivity index (χ3v) is 15.9. The van der Waals surface area contributed by atoms with E-state index in [0.29, 0.717) is 88.5 Å². The fourth-order valence-corrected chi connectivity index (χ4v) is 10.5. The number of rotatable bonds is 45. The summed E-state index contributed by atoms with van der Waals surface area (Å²) >= 11 is 0. The van der Waals surface area contributed by atoms with Crippen LogP contribution in [0.15, 0.2) is 64.6 Å². The lowest BCUT2D eigenvalue weighted by Crippen LogP contribution is -2.60. The number of aromatic hydroxyl groups is 1. The summed E-state index contributed by atoms with van der Waals surface area (Å²) in [6, 6.07) is 5.38. The smallest absolute Gasteiger partial charge is 0.243 e. The minimum absolute atomic E-state index is 0.0404. The van der Waals surface area contributed by atoms with E-state index in [1.807, 2.05) is 25.7 Å². The summed E-state index contributed by atoms with van der Waals surface area (Å²) in [5.74, 6) is -7.80. The summed E-state index contributed by atoms with van der Waals surface area (Å²) in [6.07, 6.45) is 5.36. The van der Waals surface area contributed by atoms with Gasteiger partial charge in [0.15, 0.2) is 11.9 Å². The summed E-state index contributed by atoms with van der Waals surface area (Å²) in [5, 5.41) is 34.2. The highest BCUT2D eigenvalue weighted by Crippen LogP contribution is 2.21. The summed E-state index contributed by atoms with van der Waals surface area (Å²) < 4.78 is 0. The van der Waals surface area contributed by atoms with Gasteiger partial charge >= 0.3 is 0 Å². The van der Waals surface area contributed by atoms with Gasteiger partial charge in [0, 0.05) is 32.1 Å². The second-order valence-electron chi connectivity index (χ2n) is 24.3. The molecular formula is C63H106N20O11. The van der Waals surface area contributed by atoms with Gasteiger partial charge in [-0.25, -0.2) is 0 Å². The molecule has 94 heavy (non-hydrogen) atoms. The molecular weight excluding hydrogens is 1210 g/mol. The molecule has 0 aliphatic carbocycles. The molecule has 0 spiro atoms. The van der Waals surface area contributed by atoms with Crippen LogP contribution in [0.2, 0.25) is 0 Å². The molecule has 0 bridgehead atoms. The second-order valence-corrected chi connectivity index (χ2v) is 24.3. The van der Waals surface area contributed by atoms with Crippen LogP contribution in [0.1, 0.15) is 129 Å². The largest absolute Gasteiger partial charge is 0.508 e. The topological polar surface area (TPSA) is 535 Å². The fraction of sp³-hybridized carbons (Fsp3) is 0.619. The van der Waals surface area contributed by atoms with E-state index < -0.39 is 127 Å². The zero-order chi connectivity index (χ0) is 69.7. The number of carbonyl (C=O) groups is 10. The Labute approximate surface area is 551 Å². The lowest BCUT2D eigenvalue weighted by Gasteiger charge is -2.32. The van der Waals surface area contributed by atoms with Gasteiger partial charge < -0.3 is 98.8 Å². The molecule has 31 heteroatoms. The van der Waals surface area contributed by atoms with Gasteiger partial charge in [0.2, 0.25) is 59.1 Å². The van der Waals surface area contributed by atoms with Gasteiger partial charge in [-0.3, -0.25) is 62.8 Å². The van der Waals surface area contributed by atoms with Crippen LogP contribution >= 0.6 is 0 Å². The van der Waals surface area contributed by atoms with Crippen LogP contribution in [0.4, 0.5) is 0 Å². The first kappa shape index (κ1) is 79.6. The standard InChI is InChI=1S/C63H106N20O11/c1-5-39(4)53(61(94)76-42(18-9-11-27-64)37-83-31-15-22-50(83)60(93)78-45(54(67)87)19-10-12-28-65)82-57(90)47(21-14-30-73-63(70)71)79-56(89)46(20-13-29-72-62(68)69)80-58(91)48(32-38(2)3)81-59(92)49(34-40-16-7-6-8-17-40)77-52(86)36-74-51(85)35-75-55(88)44(66)33-41-23-25-43(84)26-24-41/h6-8,16-17,23-26,38-39,42,44-50,53,84H,5,9-15,18-22,27-37,64-66H2,1-4H3,(H2,67,87)(H,74,85)(H,75,88)(H,76,94)(H,77,86)(H,78,93)(H,79,89)(H,80,91)(H,81,92)(H,82,90)(H4,68,69,72)(H4,70,71,73)/t39-,42-,44-,45-,46-,47-,48-,49-,50-,53-/m0/s1. The molecule has 0 aromatic heterocycles. The lowest BCUT2D eigenvalue weighted by atomic mass is 9.96. The van der Waals surface area contributed by atoms with E-state index in [1.54, 1.807) is 49.4 Å². The van der Waals surface area contributed by atoms with Gasteiger partial charge in [-0.05, 0) is 138 Å². The van der Waals surface area contributed by atoms with Crippen molar-refractivity contribution in [3.05, 3.63) is 65.7 Å². The molecule has 31 nitrogen and oxygen atoms in total. The molecule has 1 saturated heterocycles. The van der Waals surface area contributed by atoms with Gasteiger partial charge in [0.25, 0.3) is 0 Å². The molecule has 26 N–H and O–H groups in total. The predicted octanol–water partition coefficient (Wildman–Crippen LogP) is -3.46. The third-order valence-electron chi connectivity index (χ3n) is 15.9. The molecule has 2 aromatic rings. The molecule has 10 atom stereocenters. The zero-order valence-electron chi connectivity index (χ0n) is 55.0. The van der Waals surface area contributed by atoms with Crippen molar-refractivity contribution in [2.75, 3.05) is 52.4 Å². The Morgan fingerprint density at radius 3 is 1.66 bits per heavy atom. The third kappa shape index (κ3) is 30.8. The molecule has 1 aliphatic heterocycles. The molecule has 0 radical (unpaired) electrons. The number of nitrogens with zero attached hydrogens (tertiary/aromatic N) is 3. The minimum atomic E-state index is -1.37. The number of nitrogens with two attached hydrogens (primary N) is 8. The number of hydrogen-bond donors (Lipinski definition) is 18. The molecule has 2 aromatic carbocycles. The van der Waals surface area contributed by atoms with Crippen LogP contribution in [0.5, 0.6) is 5.75 Å². The van der Waals surface area contributed by atoms with Crippen LogP contribution in [-0.4, -0.2) is 188 Å². The van der Waals surface area contributed by atoms with Gasteiger partial charge in [-0.2, -0.15) is 0 Å². The molecule has 10 amide bonds. The Morgan fingerprint density at radius 1 is 0.564 bits per heavy atom. The van der Waals surface area contributed by atoms with Crippen LogP contribution in [-0.2, 0) is 60.8 Å². The van der Waals surface area contributed by atoms with Crippen LogP contribution in [0, 0.1) is 11.8 Å². The van der Waals surface area contributed by atoms with E-state index in [-0.39, 0.29) is 94.1 Å². The monoisotopic (exact) mass is 1320 g/mol. The molecule has 1 fully saturated rings. The summed E-state index contributed by atoms with van der Waals surface area (Å²) in [5.41, 5.74) is 47.0. The van der Waals surface area contributed by atoms with Crippen molar-refractivity contribution in [2.24, 2.45) is 67.7 Å². The van der Waals surface area contributed by atoms with Crippen LogP contribution in [0.25, 0.3) is 0 Å². The first-order chi connectivity index (χ1) is 44.7. The van der Waals surface area contributed by atoms with Gasteiger partial charge in [-0.1, -0.05) is 83.0 Å². The van der Waals surface area contributed by atoms with Crippen LogP contribution < -0.4 is 93.7 Å². The number of guanidine groups is 2. The summed E-state index contributed by atoms with van der Waals surface area (Å²) in [7, 11) is 0. The molecule has 1 aliphatic rings. The maximum absolute atomic E-state index is 14.7. The van der Waals surface area contributed by atoms with Gasteiger partial charge in [-0.15, -0.1) is 0 Å². The van der Waals surface area contributed by atoms with E-state index in [9.17, 15) is 53.1 Å². The minimum Gasteiger partial charge on any atom is -0.508 e. The Kier molecular flexibility index (Phi) is 36.6. The SMILES string of the molecule is CC[C@H](C)[C@H](NC(=O)[C@H](CCCN=C(N)N)NC(=O)[C@H](CCCN=C(N)N)NC(=O)[C@H](CC(C)C)NC(=O)[C@H](Cc1ccccc1)NC(=O)CNC(=O)CNC(=O)[C@@H](N)Cc1ccc(O)cc1)C(=O)N[C@@H](CCCCN)CN1CCC[C@H]1C(=O)N[C@@H](CCCCN)C(N)=O. The summed E-state index contributed by atoms with van der Waals surface area (Å²) in [4.78, 5) is 148. The molecule has 0 unspecified atom stereocenters. The number of phenolic OH excluding ortho intramolecular Hbond substituents is 1. The van der Waals surface area contributed by atoms with Crippen molar-refractivity contribution in [1.29, 1.82) is 0 Å². The zero-order valence-corrected chi connectivity index (χ0v) is 55.0. The lowest BCUT2D eigenvalue weighted by molar-refractivity contribution is -0.136. The highest BCUT2D eigenvalue weighted by atomic mass is 16.3. The number of nitrogens with one attached hydrogen (secondary N) is 9. The number of benzene rings is 2.